The van der Waals surface area contributed by atoms with Crippen molar-refractivity contribution in [2.24, 2.45) is 22.7 Å². The molecule has 0 radical (unpaired) electrons. The van der Waals surface area contributed by atoms with E-state index in [0.29, 0.717) is 23.6 Å². The van der Waals surface area contributed by atoms with E-state index < -0.39 is 0 Å². The second kappa shape index (κ2) is 3.03. The maximum absolute atomic E-state index is 8.93. The van der Waals surface area contributed by atoms with E-state index in [-0.39, 0.29) is 13.2 Å². The third kappa shape index (κ3) is 1.21. The van der Waals surface area contributed by atoms with Crippen molar-refractivity contribution < 1.29 is 10.2 Å². The standard InChI is InChI=1S/C8H14N2O2/c11-3-7-5-1-9-8(4-12)10-2-6(5)7/h5-7,11-12H,1-4H2,(H,9,10)/t5-,6+,7?. The van der Waals surface area contributed by atoms with Crippen molar-refractivity contribution in [1.82, 2.24) is 5.32 Å². The molecule has 0 spiro atoms. The van der Waals surface area contributed by atoms with E-state index in [1.807, 2.05) is 0 Å². The second-order valence-corrected chi connectivity index (χ2v) is 3.50. The maximum Gasteiger partial charge on any atom is 0.122 e. The van der Waals surface area contributed by atoms with Gasteiger partial charge in [0.25, 0.3) is 0 Å². The quantitative estimate of drug-likeness (QED) is 0.489. The number of hydrogen-bond acceptors (Lipinski definition) is 4. The number of amidine groups is 1. The number of hydrogen-bond donors (Lipinski definition) is 3. The van der Waals surface area contributed by atoms with Crippen LogP contribution in [0.1, 0.15) is 0 Å². The Kier molecular flexibility index (Phi) is 2.02. The van der Waals surface area contributed by atoms with Gasteiger partial charge in [0.2, 0.25) is 0 Å². The number of aliphatic hydroxyl groups is 2. The van der Waals surface area contributed by atoms with Crippen LogP contribution in [0.25, 0.3) is 0 Å². The van der Waals surface area contributed by atoms with E-state index in [4.69, 9.17) is 10.2 Å². The largest absolute Gasteiger partial charge is 0.396 e. The molecule has 1 heterocycles. The first-order valence-electron chi connectivity index (χ1n) is 4.35. The molecular formula is C8H14N2O2. The van der Waals surface area contributed by atoms with Crippen LogP contribution in [-0.2, 0) is 0 Å². The van der Waals surface area contributed by atoms with Crippen molar-refractivity contribution in [1.29, 1.82) is 0 Å². The lowest BCUT2D eigenvalue weighted by molar-refractivity contribution is 0.263. The van der Waals surface area contributed by atoms with Gasteiger partial charge in [-0.2, -0.15) is 0 Å². The van der Waals surface area contributed by atoms with Crippen LogP contribution >= 0.6 is 0 Å². The lowest BCUT2D eigenvalue weighted by atomic mass is 10.3. The average Bonchev–Trinajstić information content (AvgIpc) is 2.78. The van der Waals surface area contributed by atoms with Crippen LogP contribution in [0.2, 0.25) is 0 Å². The number of aliphatic imine (C=N–C) groups is 1. The van der Waals surface area contributed by atoms with Gasteiger partial charge in [0.15, 0.2) is 0 Å². The van der Waals surface area contributed by atoms with Crippen molar-refractivity contribution in [2.45, 2.75) is 0 Å². The van der Waals surface area contributed by atoms with Crippen molar-refractivity contribution in [3.63, 3.8) is 0 Å². The molecule has 1 saturated carbocycles. The molecule has 68 valence electrons. The van der Waals surface area contributed by atoms with Gasteiger partial charge in [-0.25, -0.2) is 0 Å². The van der Waals surface area contributed by atoms with Crippen LogP contribution < -0.4 is 5.32 Å². The van der Waals surface area contributed by atoms with E-state index in [0.717, 1.165) is 13.1 Å². The predicted octanol–water partition coefficient (Wildman–Crippen LogP) is -1.17. The second-order valence-electron chi connectivity index (χ2n) is 3.50. The lowest BCUT2D eigenvalue weighted by Gasteiger charge is -2.04. The smallest absolute Gasteiger partial charge is 0.122 e. The number of fused-ring (bicyclic) bond motifs is 1. The summed E-state index contributed by atoms with van der Waals surface area (Å²) in [5.41, 5.74) is 0. The van der Waals surface area contributed by atoms with Gasteiger partial charge in [0, 0.05) is 19.7 Å². The fourth-order valence-corrected chi connectivity index (χ4v) is 1.98. The van der Waals surface area contributed by atoms with Gasteiger partial charge in [-0.3, -0.25) is 4.99 Å². The normalized spacial score (nSPS) is 39.2. The van der Waals surface area contributed by atoms with Crippen molar-refractivity contribution in [2.75, 3.05) is 26.3 Å². The fraction of sp³-hybridized carbons (Fsp3) is 0.875. The molecular weight excluding hydrogens is 156 g/mol. The molecule has 2 rings (SSSR count). The third-order valence-electron chi connectivity index (χ3n) is 2.90. The summed E-state index contributed by atoms with van der Waals surface area (Å²) >= 11 is 0. The molecule has 12 heavy (non-hydrogen) atoms. The SMILES string of the molecule is OCC1=NC[C@H]2C(CO)[C@H]2CN1. The fourth-order valence-electron chi connectivity index (χ4n) is 1.98. The van der Waals surface area contributed by atoms with Crippen molar-refractivity contribution in [3.05, 3.63) is 0 Å². The molecule has 0 aromatic carbocycles. The van der Waals surface area contributed by atoms with Crippen LogP contribution in [0.5, 0.6) is 0 Å². The molecule has 1 unspecified atom stereocenters. The molecule has 4 heteroatoms. The first-order valence-corrected chi connectivity index (χ1v) is 4.35. The van der Waals surface area contributed by atoms with Gasteiger partial charge in [-0.05, 0) is 17.8 Å². The topological polar surface area (TPSA) is 64.9 Å². The van der Waals surface area contributed by atoms with E-state index in [9.17, 15) is 0 Å². The molecule has 1 aliphatic carbocycles. The molecule has 4 nitrogen and oxygen atoms in total. The number of nitrogens with zero attached hydrogens (tertiary/aromatic N) is 1. The highest BCUT2D eigenvalue weighted by Gasteiger charge is 2.49. The number of rotatable bonds is 2. The van der Waals surface area contributed by atoms with Gasteiger partial charge in [-0.15, -0.1) is 0 Å². The maximum atomic E-state index is 8.93. The summed E-state index contributed by atoms with van der Waals surface area (Å²) in [6.45, 7) is 1.90. The van der Waals surface area contributed by atoms with Crippen LogP contribution in [-0.4, -0.2) is 42.4 Å². The van der Waals surface area contributed by atoms with Gasteiger partial charge in [0.1, 0.15) is 12.4 Å². The summed E-state index contributed by atoms with van der Waals surface area (Å²) in [5.74, 6) is 2.26. The summed E-state index contributed by atoms with van der Waals surface area (Å²) in [5, 5.41) is 20.8. The highest BCUT2D eigenvalue weighted by Crippen LogP contribution is 2.46. The van der Waals surface area contributed by atoms with Crippen LogP contribution in [0.4, 0.5) is 0 Å². The van der Waals surface area contributed by atoms with Gasteiger partial charge in [0.05, 0.1) is 0 Å². The minimum Gasteiger partial charge on any atom is -0.396 e. The van der Waals surface area contributed by atoms with Crippen LogP contribution in [0.15, 0.2) is 4.99 Å². The van der Waals surface area contributed by atoms with Gasteiger partial charge >= 0.3 is 0 Å². The lowest BCUT2D eigenvalue weighted by Crippen LogP contribution is -2.28. The third-order valence-corrected chi connectivity index (χ3v) is 2.90. The molecule has 3 N–H and O–H groups in total. The monoisotopic (exact) mass is 170 g/mol. The molecule has 0 aromatic rings. The van der Waals surface area contributed by atoms with E-state index >= 15 is 0 Å². The minimum atomic E-state index is 0.00321. The molecule has 0 saturated heterocycles. The Bertz CT molecular complexity index is 205. The van der Waals surface area contributed by atoms with Crippen LogP contribution in [0, 0.1) is 17.8 Å². The zero-order valence-electron chi connectivity index (χ0n) is 6.90. The van der Waals surface area contributed by atoms with Gasteiger partial charge < -0.3 is 15.5 Å². The van der Waals surface area contributed by atoms with E-state index in [2.05, 4.69) is 10.3 Å². The van der Waals surface area contributed by atoms with Crippen molar-refractivity contribution in [3.8, 4) is 0 Å². The van der Waals surface area contributed by atoms with Crippen LogP contribution in [0.3, 0.4) is 0 Å². The number of nitrogens with one attached hydrogen (secondary N) is 1. The summed E-state index contributed by atoms with van der Waals surface area (Å²) < 4.78 is 0. The zero-order chi connectivity index (χ0) is 8.55. The van der Waals surface area contributed by atoms with Gasteiger partial charge in [-0.1, -0.05) is 0 Å². The molecule has 0 amide bonds. The summed E-state index contributed by atoms with van der Waals surface area (Å²) in [6, 6.07) is 0. The Hall–Kier alpha value is -0.610. The Morgan fingerprint density at radius 1 is 1.42 bits per heavy atom. The average molecular weight is 170 g/mol. The Morgan fingerprint density at radius 3 is 2.92 bits per heavy atom. The highest BCUT2D eigenvalue weighted by molar-refractivity contribution is 5.83. The Balaban J connectivity index is 1.94. The predicted molar refractivity (Wildman–Crippen MR) is 44.9 cm³/mol. The first kappa shape index (κ1) is 8.01. The zero-order valence-corrected chi connectivity index (χ0v) is 6.90. The Labute approximate surface area is 71.3 Å². The molecule has 2 aliphatic rings. The van der Waals surface area contributed by atoms with E-state index in [1.54, 1.807) is 0 Å². The summed E-state index contributed by atoms with van der Waals surface area (Å²) in [6.07, 6.45) is 0. The highest BCUT2D eigenvalue weighted by atomic mass is 16.3. The first-order chi connectivity index (χ1) is 5.86. The molecule has 0 aromatic heterocycles. The Morgan fingerprint density at radius 2 is 2.25 bits per heavy atom. The minimum absolute atomic E-state index is 0.00321. The number of aliphatic hydroxyl groups excluding tert-OH is 2. The molecule has 0 bridgehead atoms. The molecule has 3 atom stereocenters. The van der Waals surface area contributed by atoms with Crippen molar-refractivity contribution >= 4 is 5.84 Å². The summed E-state index contributed by atoms with van der Waals surface area (Å²) in [4.78, 5) is 4.21. The van der Waals surface area contributed by atoms with E-state index in [1.165, 1.54) is 0 Å². The molecule has 1 aliphatic heterocycles. The summed E-state index contributed by atoms with van der Waals surface area (Å²) in [7, 11) is 0. The molecule has 1 fully saturated rings.